The number of hydrogen-bond donors (Lipinski definition) is 2. The van der Waals surface area contributed by atoms with Gasteiger partial charge in [-0.3, -0.25) is 0 Å². The van der Waals surface area contributed by atoms with Crippen molar-refractivity contribution >= 4 is 33.1 Å². The lowest BCUT2D eigenvalue weighted by molar-refractivity contribution is 0.0702. The van der Waals surface area contributed by atoms with Gasteiger partial charge in [0, 0.05) is 11.8 Å². The Morgan fingerprint density at radius 2 is 2.35 bits per heavy atom. The minimum atomic E-state index is -0.858. The highest BCUT2D eigenvalue weighted by Gasteiger charge is 2.14. The van der Waals surface area contributed by atoms with Gasteiger partial charge in [-0.05, 0) is 25.0 Å². The molecule has 2 rings (SSSR count). The zero-order chi connectivity index (χ0) is 12.4. The molecular formula is C13H15NO2S. The van der Waals surface area contributed by atoms with Gasteiger partial charge in [-0.2, -0.15) is 0 Å². The molecule has 2 aromatic heterocycles. The van der Waals surface area contributed by atoms with Gasteiger partial charge in [-0.25, -0.2) is 4.79 Å². The molecule has 0 spiro atoms. The SMILES string of the molecule is C/C=C(\CCC)c1c[nH]c2cc(C(=O)O)sc12. The summed E-state index contributed by atoms with van der Waals surface area (Å²) in [5, 5.41) is 8.98. The van der Waals surface area contributed by atoms with Crippen molar-refractivity contribution in [1.82, 2.24) is 4.98 Å². The molecule has 0 aliphatic carbocycles. The van der Waals surface area contributed by atoms with Gasteiger partial charge in [0.25, 0.3) is 0 Å². The van der Waals surface area contributed by atoms with Crippen LogP contribution in [0, 0.1) is 0 Å². The zero-order valence-electron chi connectivity index (χ0n) is 9.91. The highest BCUT2D eigenvalue weighted by Crippen LogP contribution is 2.34. The van der Waals surface area contributed by atoms with Crippen molar-refractivity contribution in [1.29, 1.82) is 0 Å². The molecule has 0 bridgehead atoms. The van der Waals surface area contributed by atoms with Gasteiger partial charge in [-0.15, -0.1) is 11.3 Å². The number of hydrogen-bond acceptors (Lipinski definition) is 2. The second kappa shape index (κ2) is 4.75. The van der Waals surface area contributed by atoms with Crippen LogP contribution in [0.1, 0.15) is 41.9 Å². The lowest BCUT2D eigenvalue weighted by atomic mass is 10.0. The third kappa shape index (κ3) is 2.13. The van der Waals surface area contributed by atoms with Crippen LogP contribution in [0.15, 0.2) is 18.3 Å². The van der Waals surface area contributed by atoms with Gasteiger partial charge in [0.1, 0.15) is 4.88 Å². The van der Waals surface area contributed by atoms with E-state index in [4.69, 9.17) is 5.11 Å². The molecule has 0 fully saturated rings. The second-order valence-corrected chi connectivity index (χ2v) is 4.98. The smallest absolute Gasteiger partial charge is 0.345 e. The Labute approximate surface area is 104 Å². The van der Waals surface area contributed by atoms with Gasteiger partial charge in [0.2, 0.25) is 0 Å². The molecule has 4 heteroatoms. The normalized spacial score (nSPS) is 12.2. The Bertz CT molecular complexity index is 577. The lowest BCUT2D eigenvalue weighted by Gasteiger charge is -2.02. The molecule has 90 valence electrons. The highest BCUT2D eigenvalue weighted by molar-refractivity contribution is 7.21. The van der Waals surface area contributed by atoms with Crippen LogP contribution in [0.5, 0.6) is 0 Å². The predicted octanol–water partition coefficient (Wildman–Crippen LogP) is 4.13. The van der Waals surface area contributed by atoms with E-state index in [2.05, 4.69) is 18.0 Å². The third-order valence-corrected chi connectivity index (χ3v) is 3.93. The maximum absolute atomic E-state index is 10.9. The number of nitrogens with one attached hydrogen (secondary N) is 1. The highest BCUT2D eigenvalue weighted by atomic mass is 32.1. The first-order valence-electron chi connectivity index (χ1n) is 5.67. The van der Waals surface area contributed by atoms with E-state index in [1.165, 1.54) is 16.9 Å². The Balaban J connectivity index is 2.51. The average Bonchev–Trinajstić information content (AvgIpc) is 2.85. The van der Waals surface area contributed by atoms with E-state index in [9.17, 15) is 4.79 Å². The van der Waals surface area contributed by atoms with Crippen LogP contribution in [-0.2, 0) is 0 Å². The standard InChI is InChI=1S/C13H15NO2S/c1-3-5-8(4-2)9-7-14-10-6-11(13(15)16)17-12(9)10/h4,6-7,14H,3,5H2,1-2H3,(H,15,16)/b8-4+. The summed E-state index contributed by atoms with van der Waals surface area (Å²) in [5.74, 6) is -0.858. The van der Waals surface area contributed by atoms with Crippen molar-refractivity contribution in [2.75, 3.05) is 0 Å². The molecule has 3 nitrogen and oxygen atoms in total. The molecule has 0 aliphatic heterocycles. The average molecular weight is 249 g/mol. The summed E-state index contributed by atoms with van der Waals surface area (Å²) in [6.45, 7) is 4.17. The number of fused-ring (bicyclic) bond motifs is 1. The first-order valence-corrected chi connectivity index (χ1v) is 6.48. The maximum Gasteiger partial charge on any atom is 0.345 e. The van der Waals surface area contributed by atoms with Crippen LogP contribution in [-0.4, -0.2) is 16.1 Å². The quantitative estimate of drug-likeness (QED) is 0.856. The van der Waals surface area contributed by atoms with Crippen molar-refractivity contribution in [3.05, 3.63) is 28.8 Å². The summed E-state index contributed by atoms with van der Waals surface area (Å²) >= 11 is 1.34. The van der Waals surface area contributed by atoms with Crippen LogP contribution in [0.2, 0.25) is 0 Å². The van der Waals surface area contributed by atoms with Crippen molar-refractivity contribution in [3.63, 3.8) is 0 Å². The first-order chi connectivity index (χ1) is 8.17. The molecule has 17 heavy (non-hydrogen) atoms. The summed E-state index contributed by atoms with van der Waals surface area (Å²) in [6.07, 6.45) is 6.18. The molecule has 0 aliphatic rings. The Kier molecular flexibility index (Phi) is 3.33. The number of allylic oxidation sites excluding steroid dienone is 2. The molecule has 0 saturated heterocycles. The molecule has 0 amide bonds. The number of carboxylic acid groups (broad SMARTS) is 1. The second-order valence-electron chi connectivity index (χ2n) is 3.92. The molecule has 0 aromatic carbocycles. The van der Waals surface area contributed by atoms with Gasteiger partial charge in [0.05, 0.1) is 10.2 Å². The number of rotatable bonds is 4. The number of thiophene rings is 1. The monoisotopic (exact) mass is 249 g/mol. The predicted molar refractivity (Wildman–Crippen MR) is 71.7 cm³/mol. The number of carbonyl (C=O) groups is 1. The van der Waals surface area contributed by atoms with Crippen molar-refractivity contribution in [3.8, 4) is 0 Å². The van der Waals surface area contributed by atoms with E-state index in [0.717, 1.165) is 28.6 Å². The van der Waals surface area contributed by atoms with Gasteiger partial charge in [-0.1, -0.05) is 19.4 Å². The molecule has 2 heterocycles. The van der Waals surface area contributed by atoms with E-state index in [1.807, 2.05) is 13.1 Å². The minimum Gasteiger partial charge on any atom is -0.477 e. The molecule has 0 atom stereocenters. The van der Waals surface area contributed by atoms with Gasteiger partial charge < -0.3 is 10.1 Å². The van der Waals surface area contributed by atoms with Crippen molar-refractivity contribution in [2.24, 2.45) is 0 Å². The van der Waals surface area contributed by atoms with E-state index < -0.39 is 5.97 Å². The van der Waals surface area contributed by atoms with Gasteiger partial charge >= 0.3 is 5.97 Å². The van der Waals surface area contributed by atoms with Crippen molar-refractivity contribution in [2.45, 2.75) is 26.7 Å². The molecule has 0 unspecified atom stereocenters. The number of aromatic amines is 1. The summed E-state index contributed by atoms with van der Waals surface area (Å²) in [5.41, 5.74) is 3.33. The van der Waals surface area contributed by atoms with Crippen molar-refractivity contribution < 1.29 is 9.90 Å². The third-order valence-electron chi connectivity index (χ3n) is 2.77. The summed E-state index contributed by atoms with van der Waals surface area (Å²) < 4.78 is 1.05. The van der Waals surface area contributed by atoms with Crippen LogP contribution in [0.3, 0.4) is 0 Å². The van der Waals surface area contributed by atoms with Crippen LogP contribution in [0.25, 0.3) is 15.8 Å². The van der Waals surface area contributed by atoms with Crippen LogP contribution in [0.4, 0.5) is 0 Å². The fourth-order valence-electron chi connectivity index (χ4n) is 1.96. The Morgan fingerprint density at radius 1 is 1.59 bits per heavy atom. The van der Waals surface area contributed by atoms with E-state index >= 15 is 0 Å². The number of H-pyrrole nitrogens is 1. The largest absolute Gasteiger partial charge is 0.477 e. The fraction of sp³-hybridized carbons (Fsp3) is 0.308. The summed E-state index contributed by atoms with van der Waals surface area (Å²) in [4.78, 5) is 14.5. The molecular weight excluding hydrogens is 234 g/mol. The minimum absolute atomic E-state index is 0.389. The molecule has 2 N–H and O–H groups in total. The first kappa shape index (κ1) is 11.9. The zero-order valence-corrected chi connectivity index (χ0v) is 10.7. The van der Waals surface area contributed by atoms with Crippen LogP contribution < -0.4 is 0 Å². The summed E-state index contributed by atoms with van der Waals surface area (Å²) in [7, 11) is 0. The maximum atomic E-state index is 10.9. The van der Waals surface area contributed by atoms with E-state index in [-0.39, 0.29) is 0 Å². The molecule has 2 aromatic rings. The Hall–Kier alpha value is -1.55. The number of aromatic nitrogens is 1. The van der Waals surface area contributed by atoms with E-state index in [0.29, 0.717) is 4.88 Å². The van der Waals surface area contributed by atoms with Gasteiger partial charge in [0.15, 0.2) is 0 Å². The van der Waals surface area contributed by atoms with Crippen LogP contribution >= 0.6 is 11.3 Å². The number of carboxylic acids is 1. The molecule has 0 radical (unpaired) electrons. The fourth-order valence-corrected chi connectivity index (χ4v) is 2.97. The summed E-state index contributed by atoms with van der Waals surface area (Å²) in [6, 6.07) is 1.70. The lowest BCUT2D eigenvalue weighted by Crippen LogP contribution is -1.89. The Morgan fingerprint density at radius 3 is 2.94 bits per heavy atom. The topological polar surface area (TPSA) is 53.1 Å². The van der Waals surface area contributed by atoms with E-state index in [1.54, 1.807) is 6.07 Å². The molecule has 0 saturated carbocycles. The number of aromatic carboxylic acids is 1.